The Morgan fingerprint density at radius 2 is 2.07 bits per heavy atom. The third-order valence-electron chi connectivity index (χ3n) is 4.74. The maximum absolute atomic E-state index is 12.6. The van der Waals surface area contributed by atoms with Gasteiger partial charge in [-0.2, -0.15) is 13.2 Å². The van der Waals surface area contributed by atoms with Crippen molar-refractivity contribution < 1.29 is 18.0 Å². The number of halogens is 3. The van der Waals surface area contributed by atoms with Crippen molar-refractivity contribution in [3.63, 3.8) is 0 Å². The third-order valence-corrected chi connectivity index (χ3v) is 4.74. The van der Waals surface area contributed by atoms with Crippen LogP contribution in [0, 0.1) is 0 Å². The van der Waals surface area contributed by atoms with E-state index in [0.29, 0.717) is 30.9 Å². The van der Waals surface area contributed by atoms with Crippen LogP contribution in [-0.4, -0.2) is 35.0 Å². The molecule has 8 heteroatoms. The highest BCUT2D eigenvalue weighted by atomic mass is 19.4. The molecule has 140 valence electrons. The number of alkyl halides is 3. The monoisotopic (exact) mass is 374 g/mol. The van der Waals surface area contributed by atoms with E-state index in [4.69, 9.17) is 0 Å². The summed E-state index contributed by atoms with van der Waals surface area (Å²) in [5.74, 6) is 0.311. The predicted octanol–water partition coefficient (Wildman–Crippen LogP) is 3.59. The Balaban J connectivity index is 1.39. The molecule has 1 aromatic carbocycles. The highest BCUT2D eigenvalue weighted by Crippen LogP contribution is 2.30. The van der Waals surface area contributed by atoms with Gasteiger partial charge in [-0.05, 0) is 42.1 Å². The molecule has 4 rings (SSSR count). The number of hydrogen-bond donors (Lipinski definition) is 2. The summed E-state index contributed by atoms with van der Waals surface area (Å²) in [6.07, 6.45) is -1.03. The van der Waals surface area contributed by atoms with E-state index in [9.17, 15) is 18.0 Å². The number of benzene rings is 1. The van der Waals surface area contributed by atoms with E-state index in [1.807, 2.05) is 23.2 Å². The minimum atomic E-state index is -4.40. The summed E-state index contributed by atoms with van der Waals surface area (Å²) >= 11 is 0. The number of carbonyl (C=O) groups is 1. The molecule has 1 atom stereocenters. The van der Waals surface area contributed by atoms with E-state index in [-0.39, 0.29) is 11.9 Å². The van der Waals surface area contributed by atoms with E-state index in [1.165, 1.54) is 6.07 Å². The van der Waals surface area contributed by atoms with Gasteiger partial charge < -0.3 is 15.2 Å². The highest BCUT2D eigenvalue weighted by Gasteiger charge is 2.31. The first kappa shape index (κ1) is 17.4. The summed E-state index contributed by atoms with van der Waals surface area (Å²) in [6, 6.07) is 9.70. The van der Waals surface area contributed by atoms with Crippen LogP contribution >= 0.6 is 0 Å². The van der Waals surface area contributed by atoms with Crippen molar-refractivity contribution in [1.29, 1.82) is 0 Å². The van der Waals surface area contributed by atoms with Crippen LogP contribution in [0.4, 0.5) is 19.0 Å². The molecule has 5 nitrogen and oxygen atoms in total. The number of anilines is 1. The van der Waals surface area contributed by atoms with Gasteiger partial charge in [0.1, 0.15) is 5.82 Å². The Bertz CT molecular complexity index is 965. The first-order chi connectivity index (χ1) is 12.9. The van der Waals surface area contributed by atoms with Crippen molar-refractivity contribution in [2.75, 3.05) is 18.0 Å². The van der Waals surface area contributed by atoms with Crippen molar-refractivity contribution in [2.45, 2.75) is 18.6 Å². The summed E-state index contributed by atoms with van der Waals surface area (Å²) < 4.78 is 37.9. The number of fused-ring (bicyclic) bond motifs is 1. The number of carbonyl (C=O) groups excluding carboxylic acids is 1. The zero-order valence-corrected chi connectivity index (χ0v) is 14.3. The largest absolute Gasteiger partial charge is 0.417 e. The fourth-order valence-electron chi connectivity index (χ4n) is 3.28. The lowest BCUT2D eigenvalue weighted by Crippen LogP contribution is -2.37. The second kappa shape index (κ2) is 6.61. The summed E-state index contributed by atoms with van der Waals surface area (Å²) in [4.78, 5) is 21.3. The summed E-state index contributed by atoms with van der Waals surface area (Å²) in [5, 5.41) is 4.02. The molecule has 2 aromatic heterocycles. The molecular weight excluding hydrogens is 357 g/mol. The van der Waals surface area contributed by atoms with Crippen LogP contribution in [0.1, 0.15) is 22.3 Å². The van der Waals surface area contributed by atoms with Crippen molar-refractivity contribution in [3.05, 3.63) is 59.9 Å². The number of aromatic nitrogens is 2. The molecule has 1 aliphatic rings. The topological polar surface area (TPSA) is 61.0 Å². The molecule has 0 aliphatic carbocycles. The highest BCUT2D eigenvalue weighted by molar-refractivity contribution is 5.98. The maximum atomic E-state index is 12.6. The Morgan fingerprint density at radius 3 is 2.81 bits per heavy atom. The van der Waals surface area contributed by atoms with Gasteiger partial charge in [-0.3, -0.25) is 4.79 Å². The molecule has 3 aromatic rings. The maximum Gasteiger partial charge on any atom is 0.417 e. The van der Waals surface area contributed by atoms with E-state index >= 15 is 0 Å². The van der Waals surface area contributed by atoms with E-state index < -0.39 is 11.7 Å². The molecule has 1 unspecified atom stereocenters. The van der Waals surface area contributed by atoms with Gasteiger partial charge in [0.15, 0.2) is 0 Å². The average Bonchev–Trinajstić information content (AvgIpc) is 3.29. The van der Waals surface area contributed by atoms with Gasteiger partial charge in [-0.25, -0.2) is 4.98 Å². The van der Waals surface area contributed by atoms with Gasteiger partial charge in [-0.1, -0.05) is 6.07 Å². The summed E-state index contributed by atoms with van der Waals surface area (Å²) in [7, 11) is 0. The van der Waals surface area contributed by atoms with Crippen LogP contribution in [0.15, 0.2) is 48.8 Å². The predicted molar refractivity (Wildman–Crippen MR) is 95.6 cm³/mol. The lowest BCUT2D eigenvalue weighted by molar-refractivity contribution is -0.137. The van der Waals surface area contributed by atoms with Gasteiger partial charge in [-0.15, -0.1) is 0 Å². The minimum Gasteiger partial charge on any atom is -0.361 e. The Morgan fingerprint density at radius 1 is 1.22 bits per heavy atom. The number of H-pyrrole nitrogens is 1. The molecule has 2 N–H and O–H groups in total. The first-order valence-corrected chi connectivity index (χ1v) is 8.56. The third kappa shape index (κ3) is 3.60. The molecular formula is C19H17F3N4O. The Labute approximate surface area is 153 Å². The minimum absolute atomic E-state index is 0.0825. The molecule has 1 amide bonds. The van der Waals surface area contributed by atoms with Crippen LogP contribution in [0.5, 0.6) is 0 Å². The number of nitrogens with one attached hydrogen (secondary N) is 2. The van der Waals surface area contributed by atoms with Crippen LogP contribution < -0.4 is 10.2 Å². The van der Waals surface area contributed by atoms with Gasteiger partial charge in [0.25, 0.3) is 5.91 Å². The van der Waals surface area contributed by atoms with Crippen molar-refractivity contribution in [1.82, 2.24) is 15.3 Å². The number of rotatable bonds is 3. The second-order valence-electron chi connectivity index (χ2n) is 6.59. The molecule has 1 aliphatic heterocycles. The van der Waals surface area contributed by atoms with Crippen LogP contribution in [0.25, 0.3) is 10.9 Å². The Hall–Kier alpha value is -3.03. The fraction of sp³-hybridized carbons (Fsp3) is 0.263. The van der Waals surface area contributed by atoms with Crippen molar-refractivity contribution >= 4 is 22.6 Å². The molecule has 3 heterocycles. The fourth-order valence-corrected chi connectivity index (χ4v) is 3.28. The first-order valence-electron chi connectivity index (χ1n) is 8.56. The van der Waals surface area contributed by atoms with Crippen LogP contribution in [0.2, 0.25) is 0 Å². The zero-order chi connectivity index (χ0) is 19.0. The Kier molecular flexibility index (Phi) is 4.25. The SMILES string of the molecule is O=C(NC1CCN(c2ccc(C(F)(F)F)cn2)C1)c1ccc2cc[nH]c2c1. The van der Waals surface area contributed by atoms with Crippen LogP contribution in [-0.2, 0) is 6.18 Å². The lowest BCUT2D eigenvalue weighted by atomic mass is 10.1. The van der Waals surface area contributed by atoms with Crippen molar-refractivity contribution in [2.24, 2.45) is 0 Å². The van der Waals surface area contributed by atoms with Crippen LogP contribution in [0.3, 0.4) is 0 Å². The number of pyridine rings is 1. The van der Waals surface area contributed by atoms with E-state index in [2.05, 4.69) is 15.3 Å². The van der Waals surface area contributed by atoms with Gasteiger partial charge >= 0.3 is 6.18 Å². The van der Waals surface area contributed by atoms with Gasteiger partial charge in [0.2, 0.25) is 0 Å². The molecule has 0 radical (unpaired) electrons. The number of nitrogens with zero attached hydrogens (tertiary/aromatic N) is 2. The van der Waals surface area contributed by atoms with Gasteiger partial charge in [0, 0.05) is 42.6 Å². The number of amides is 1. The zero-order valence-electron chi connectivity index (χ0n) is 14.3. The molecule has 1 fully saturated rings. The smallest absolute Gasteiger partial charge is 0.361 e. The molecule has 1 saturated heterocycles. The number of hydrogen-bond acceptors (Lipinski definition) is 3. The van der Waals surface area contributed by atoms with E-state index in [0.717, 1.165) is 23.2 Å². The van der Waals surface area contributed by atoms with E-state index in [1.54, 1.807) is 12.1 Å². The lowest BCUT2D eigenvalue weighted by Gasteiger charge is -2.18. The number of aromatic amines is 1. The molecule has 0 spiro atoms. The summed E-state index contributed by atoms with van der Waals surface area (Å²) in [6.45, 7) is 1.13. The quantitative estimate of drug-likeness (QED) is 0.737. The molecule has 0 bridgehead atoms. The second-order valence-corrected chi connectivity index (χ2v) is 6.59. The standard InChI is InChI=1S/C19H17F3N4O/c20-19(21,22)14-3-4-17(24-10-14)26-8-6-15(11-26)25-18(27)13-2-1-12-5-7-23-16(12)9-13/h1-5,7,9-10,15,23H,6,8,11H2,(H,25,27). The molecule has 0 saturated carbocycles. The van der Waals surface area contributed by atoms with Gasteiger partial charge in [0.05, 0.1) is 5.56 Å². The average molecular weight is 374 g/mol. The van der Waals surface area contributed by atoms with Crippen molar-refractivity contribution in [3.8, 4) is 0 Å². The molecule has 27 heavy (non-hydrogen) atoms. The normalized spacial score (nSPS) is 17.4. The summed E-state index contributed by atoms with van der Waals surface area (Å²) in [5.41, 5.74) is 0.690.